The minimum atomic E-state index is -1.09. The summed E-state index contributed by atoms with van der Waals surface area (Å²) in [5.74, 6) is 0.438. The van der Waals surface area contributed by atoms with Crippen LogP contribution in [-0.2, 0) is 20.7 Å². The average molecular weight is 852 g/mol. The Morgan fingerprint density at radius 2 is 1.00 bits per heavy atom. The van der Waals surface area contributed by atoms with E-state index in [-0.39, 0.29) is 12.3 Å². The number of rotatable bonds is 13. The predicted molar refractivity (Wildman–Crippen MR) is 246 cm³/mol. The van der Waals surface area contributed by atoms with Gasteiger partial charge in [-0.2, -0.15) is 0 Å². The molecule has 1 aromatic heterocycles. The Morgan fingerprint density at radius 3 is 1.35 bits per heavy atom. The summed E-state index contributed by atoms with van der Waals surface area (Å²) in [5.41, 5.74) is 5.69. The molecular formula is C53H47BrN4O2. The van der Waals surface area contributed by atoms with Crippen molar-refractivity contribution in [3.8, 4) is 0 Å². The van der Waals surface area contributed by atoms with Crippen molar-refractivity contribution in [3.63, 3.8) is 0 Å². The van der Waals surface area contributed by atoms with Gasteiger partial charge < -0.3 is 4.90 Å². The number of hydrogen-bond donors (Lipinski definition) is 0. The minimum Gasteiger partial charge on any atom is -0.324 e. The van der Waals surface area contributed by atoms with Crippen LogP contribution in [0.4, 0.5) is 5.69 Å². The highest BCUT2D eigenvalue weighted by Crippen LogP contribution is 2.55. The lowest BCUT2D eigenvalue weighted by Gasteiger charge is -2.57. The van der Waals surface area contributed by atoms with Gasteiger partial charge in [0.15, 0.2) is 0 Å². The Balaban J connectivity index is 1.62. The second-order valence-electron chi connectivity index (χ2n) is 14.7. The number of halogens is 1. The second kappa shape index (κ2) is 18.2. The molecule has 1 aliphatic heterocycles. The molecule has 0 atom stereocenters. The summed E-state index contributed by atoms with van der Waals surface area (Å²) in [6.07, 6.45) is 4.53. The lowest BCUT2D eigenvalue weighted by atomic mass is 9.67. The maximum Gasteiger partial charge on any atom is 0.273 e. The summed E-state index contributed by atoms with van der Waals surface area (Å²) < 4.78 is 0.780. The van der Waals surface area contributed by atoms with E-state index >= 15 is 4.79 Å². The number of nitrogens with zero attached hydrogens (tertiary/aromatic N) is 4. The molecule has 60 heavy (non-hydrogen) atoms. The van der Waals surface area contributed by atoms with Crippen molar-refractivity contribution in [2.75, 3.05) is 13.2 Å². The molecule has 0 fully saturated rings. The van der Waals surface area contributed by atoms with E-state index in [0.717, 1.165) is 44.3 Å². The highest BCUT2D eigenvalue weighted by atomic mass is 79.9. The molecule has 7 aromatic rings. The average Bonchev–Trinajstić information content (AvgIpc) is 3.50. The molecular weight excluding hydrogens is 805 g/mol. The number of amidine groups is 1. The van der Waals surface area contributed by atoms with Crippen LogP contribution < -0.4 is 0 Å². The van der Waals surface area contributed by atoms with Gasteiger partial charge in [0.2, 0.25) is 0 Å². The van der Waals surface area contributed by atoms with Crippen molar-refractivity contribution >= 4 is 39.4 Å². The Kier molecular flexibility index (Phi) is 12.3. The second-order valence-corrected chi connectivity index (χ2v) is 15.6. The molecule has 7 heteroatoms. The normalized spacial score (nSPS) is 12.7. The summed E-state index contributed by atoms with van der Waals surface area (Å²) >= 11 is 3.72. The number of carbonyl (C=O) groups is 1. The van der Waals surface area contributed by atoms with E-state index in [1.54, 1.807) is 6.20 Å². The third kappa shape index (κ3) is 7.51. The van der Waals surface area contributed by atoms with Crippen LogP contribution >= 0.6 is 15.9 Å². The Bertz CT molecular complexity index is 2240. The van der Waals surface area contributed by atoms with Crippen molar-refractivity contribution in [1.82, 2.24) is 14.9 Å². The molecule has 0 unspecified atom stereocenters. The van der Waals surface area contributed by atoms with Gasteiger partial charge in [0.05, 0.1) is 18.0 Å². The monoisotopic (exact) mass is 850 g/mol. The van der Waals surface area contributed by atoms with E-state index in [1.165, 1.54) is 5.06 Å². The van der Waals surface area contributed by atoms with Crippen molar-refractivity contribution in [2.45, 2.75) is 37.8 Å². The van der Waals surface area contributed by atoms with E-state index in [2.05, 4.69) is 203 Å². The van der Waals surface area contributed by atoms with Gasteiger partial charge in [-0.1, -0.05) is 189 Å². The fourth-order valence-corrected chi connectivity index (χ4v) is 9.02. The molecule has 1 amide bonds. The van der Waals surface area contributed by atoms with Crippen LogP contribution in [0.1, 0.15) is 65.8 Å². The molecule has 298 valence electrons. The van der Waals surface area contributed by atoms with Crippen LogP contribution in [0.5, 0.6) is 0 Å². The maximum absolute atomic E-state index is 15.0. The van der Waals surface area contributed by atoms with Crippen LogP contribution in [0.2, 0.25) is 0 Å². The lowest BCUT2D eigenvalue weighted by molar-refractivity contribution is -0.180. The van der Waals surface area contributed by atoms with Crippen LogP contribution in [0.15, 0.2) is 209 Å². The SMILES string of the molecule is CCCN(OCC)C(=O)C1=Cc2ncc(Br)cc2N=C(N(C(c2ccccc2)(c2ccccc2)c2ccccc2)C(c2ccccc2)(c2ccccc2)c2ccccc2)C1. The van der Waals surface area contributed by atoms with E-state index in [4.69, 9.17) is 14.8 Å². The fraction of sp³-hybridized carbons (Fsp3) is 0.151. The van der Waals surface area contributed by atoms with Crippen LogP contribution in [0.25, 0.3) is 6.08 Å². The molecule has 0 radical (unpaired) electrons. The number of hydroxylamine groups is 2. The zero-order chi connectivity index (χ0) is 41.4. The minimum absolute atomic E-state index is 0.155. The molecule has 0 saturated heterocycles. The Labute approximate surface area is 361 Å². The standard InChI is InChI=1S/C53H47BrN4O2/c1-3-35-57(60-4-2)51(59)40-36-48-49(38-47(54)39-55-48)56-50(37-40)58(52(41-23-11-5-12-24-41,42-25-13-6-14-26-42)43-27-15-7-16-28-43)53(44-29-17-8-18-30-44,45-31-19-9-20-32-45)46-33-21-10-22-34-46/h5-34,36,38-39H,3-4,35,37H2,1-2H3. The number of hydrogen-bond acceptors (Lipinski definition) is 5. The van der Waals surface area contributed by atoms with Crippen molar-refractivity contribution < 1.29 is 9.63 Å². The summed E-state index contributed by atoms with van der Waals surface area (Å²) in [5, 5.41) is 1.50. The summed E-state index contributed by atoms with van der Waals surface area (Å²) in [6, 6.07) is 66.1. The maximum atomic E-state index is 15.0. The van der Waals surface area contributed by atoms with Gasteiger partial charge in [-0.25, -0.2) is 10.1 Å². The predicted octanol–water partition coefficient (Wildman–Crippen LogP) is 12.1. The first kappa shape index (κ1) is 40.4. The molecule has 8 rings (SSSR count). The molecule has 0 bridgehead atoms. The van der Waals surface area contributed by atoms with Gasteiger partial charge in [0.1, 0.15) is 16.9 Å². The van der Waals surface area contributed by atoms with Gasteiger partial charge in [-0.15, -0.1) is 0 Å². The van der Waals surface area contributed by atoms with E-state index < -0.39 is 11.1 Å². The number of benzene rings is 6. The third-order valence-corrected chi connectivity index (χ3v) is 11.5. The topological polar surface area (TPSA) is 58.0 Å². The van der Waals surface area contributed by atoms with Gasteiger partial charge >= 0.3 is 0 Å². The molecule has 0 aliphatic carbocycles. The van der Waals surface area contributed by atoms with E-state index in [9.17, 15) is 0 Å². The van der Waals surface area contributed by atoms with Gasteiger partial charge in [-0.05, 0) is 74.8 Å². The molecule has 0 saturated carbocycles. The molecule has 1 aliphatic rings. The number of carbonyl (C=O) groups excluding carboxylic acids is 1. The van der Waals surface area contributed by atoms with E-state index in [1.807, 2.05) is 26.0 Å². The number of amides is 1. The highest BCUT2D eigenvalue weighted by molar-refractivity contribution is 9.10. The first-order valence-electron chi connectivity index (χ1n) is 20.5. The molecule has 0 spiro atoms. The molecule has 6 aromatic carbocycles. The van der Waals surface area contributed by atoms with Crippen LogP contribution in [0, 0.1) is 0 Å². The lowest BCUT2D eigenvalue weighted by Crippen LogP contribution is -2.62. The summed E-state index contributed by atoms with van der Waals surface area (Å²) in [6.45, 7) is 4.74. The zero-order valence-electron chi connectivity index (χ0n) is 33.9. The molecule has 0 N–H and O–H groups in total. The Hall–Kier alpha value is -6.41. The van der Waals surface area contributed by atoms with Crippen molar-refractivity contribution in [3.05, 3.63) is 243 Å². The number of aliphatic imine (C=N–C) groups is 1. The smallest absolute Gasteiger partial charge is 0.273 e. The fourth-order valence-electron chi connectivity index (χ4n) is 8.70. The number of fused-ring (bicyclic) bond motifs is 1. The van der Waals surface area contributed by atoms with E-state index in [0.29, 0.717) is 35.9 Å². The zero-order valence-corrected chi connectivity index (χ0v) is 35.5. The first-order valence-corrected chi connectivity index (χ1v) is 21.3. The quantitative estimate of drug-likeness (QED) is 0.0856. The molecule has 6 nitrogen and oxygen atoms in total. The highest BCUT2D eigenvalue weighted by Gasteiger charge is 2.56. The van der Waals surface area contributed by atoms with Crippen molar-refractivity contribution in [2.24, 2.45) is 4.99 Å². The van der Waals surface area contributed by atoms with Gasteiger partial charge in [0, 0.05) is 29.2 Å². The number of aromatic nitrogens is 1. The summed E-state index contributed by atoms with van der Waals surface area (Å²) in [7, 11) is 0. The third-order valence-electron chi connectivity index (χ3n) is 11.1. The van der Waals surface area contributed by atoms with Crippen LogP contribution in [0.3, 0.4) is 0 Å². The Morgan fingerprint density at radius 1 is 0.617 bits per heavy atom. The largest absolute Gasteiger partial charge is 0.324 e. The summed E-state index contributed by atoms with van der Waals surface area (Å²) in [4.78, 5) is 34.2. The van der Waals surface area contributed by atoms with Crippen molar-refractivity contribution in [1.29, 1.82) is 0 Å². The molecule has 2 heterocycles. The van der Waals surface area contributed by atoms with Gasteiger partial charge in [-0.3, -0.25) is 14.6 Å². The van der Waals surface area contributed by atoms with Gasteiger partial charge in [0.25, 0.3) is 5.91 Å². The first-order chi connectivity index (χ1) is 29.5. The van der Waals surface area contributed by atoms with Crippen LogP contribution in [-0.4, -0.2) is 39.8 Å². The number of pyridine rings is 1.